The van der Waals surface area contributed by atoms with Crippen molar-refractivity contribution in [2.45, 2.75) is 279 Å². The first-order chi connectivity index (χ1) is 57.1. The molecule has 608 valence electrons. The first kappa shape index (κ1) is 76.1. The molecule has 0 saturated carbocycles. The van der Waals surface area contributed by atoms with Gasteiger partial charge in [0.05, 0.1) is 0 Å². The molecule has 0 aromatic heterocycles. The van der Waals surface area contributed by atoms with Crippen LogP contribution in [0.2, 0.25) is 0 Å². The van der Waals surface area contributed by atoms with Gasteiger partial charge in [0.1, 0.15) is 45.4 Å². The van der Waals surface area contributed by atoms with Crippen LogP contribution in [0, 0.1) is 0 Å². The Balaban J connectivity index is 0.0000000966. The van der Waals surface area contributed by atoms with E-state index in [1.54, 1.807) is 0 Å². The number of rotatable bonds is 8. The maximum atomic E-state index is 6.64. The predicted octanol–water partition coefficient (Wildman–Crippen LogP) is 18.3. The van der Waals surface area contributed by atoms with Gasteiger partial charge in [-0.05, 0) is 217 Å². The number of ether oxygens (including phenoxy) is 4. The van der Waals surface area contributed by atoms with Crippen LogP contribution in [0.1, 0.15) is 217 Å². The van der Waals surface area contributed by atoms with Gasteiger partial charge in [0.25, 0.3) is 0 Å². The molecule has 8 saturated heterocycles. The van der Waals surface area contributed by atoms with E-state index in [1.165, 1.54) is 295 Å². The van der Waals surface area contributed by atoms with E-state index in [4.69, 9.17) is 18.9 Å². The summed E-state index contributed by atoms with van der Waals surface area (Å²) in [5.41, 5.74) is 24.0. The molecule has 116 heavy (non-hydrogen) atoms. The molecule has 0 bridgehead atoms. The average molecular weight is 1550 g/mol. The summed E-state index contributed by atoms with van der Waals surface area (Å²) in [6.45, 7) is 23.2. The van der Waals surface area contributed by atoms with Crippen LogP contribution < -0.4 is 18.9 Å². The number of fused-ring (bicyclic) bond motifs is 12. The number of hydrogen-bond acceptors (Lipinski definition) is 12. The van der Waals surface area contributed by atoms with E-state index in [9.17, 15) is 0 Å². The lowest BCUT2D eigenvalue weighted by Gasteiger charge is -2.46. The second-order valence-electron chi connectivity index (χ2n) is 39.1. The van der Waals surface area contributed by atoms with Crippen molar-refractivity contribution in [2.75, 3.05) is 78.5 Å². The van der Waals surface area contributed by atoms with Crippen molar-refractivity contribution in [2.24, 2.45) is 0 Å². The van der Waals surface area contributed by atoms with Gasteiger partial charge in [-0.25, -0.2) is 0 Å². The molecule has 0 unspecified atom stereocenters. The Hall–Kier alpha value is -7.36. The van der Waals surface area contributed by atoms with Crippen molar-refractivity contribution in [1.82, 2.24) is 39.2 Å². The van der Waals surface area contributed by atoms with Gasteiger partial charge in [-0.2, -0.15) is 0 Å². The topological polar surface area (TPSA) is 62.8 Å². The van der Waals surface area contributed by atoms with Gasteiger partial charge in [0, 0.05) is 206 Å². The van der Waals surface area contributed by atoms with E-state index in [0.29, 0.717) is 0 Å². The van der Waals surface area contributed by atoms with Crippen molar-refractivity contribution in [3.63, 3.8) is 0 Å². The molecule has 4 spiro atoms. The molecule has 16 aliphatic rings. The summed E-state index contributed by atoms with van der Waals surface area (Å²) in [4.78, 5) is 21.3. The molecule has 8 fully saturated rings. The highest BCUT2D eigenvalue weighted by Gasteiger charge is 2.51. The SMILES string of the molecule is c1ccc2c(c1)CCN(Cc1ccc3c(c1)C[C@@]1(CCN4CCCC[C@@H]4C1)O3)C2.c1ccc2c(c1)CCN(Cc1ccc3c(c1)C[C@@]1(CCN4CCCC[C@H]4C1)O3)C2.c1ccc2c(c1)CCN(Cc1ccc3c(c1)C[C@]1(CCN4CCCC[C@@H]4C1)O3)C2.c1ccc2c(c1)CCN(Cc1ccc3c(c1)C[C@]1(CCN4CCCC[C@H]4C1)O3)C2. The normalized spacial score (nSPS) is 29.2. The molecule has 0 N–H and O–H groups in total. The minimum atomic E-state index is 0.0729. The number of nitrogens with zero attached hydrogens (tertiary/aromatic N) is 8. The Morgan fingerprint density at radius 3 is 0.716 bits per heavy atom. The zero-order valence-corrected chi connectivity index (χ0v) is 69.6. The van der Waals surface area contributed by atoms with Crippen LogP contribution in [0.15, 0.2) is 170 Å². The predicted molar refractivity (Wildman–Crippen MR) is 465 cm³/mol. The molecule has 8 aromatic carbocycles. The molecule has 12 nitrogen and oxygen atoms in total. The fourth-order valence-corrected chi connectivity index (χ4v) is 25.0. The molecule has 16 heterocycles. The standard InChI is InChI=1S/4C26H32N2O/c4*1-2-6-22-19-27(13-10-21(22)5-1)18-20-8-9-25-23(15-20)16-26(29-25)11-14-28-12-4-3-7-24(28)17-26/h4*1-2,5-6,8-9,15,24H,3-4,7,10-14,16-19H2/t2*24-,26+;2*24-,26-/m1010/s1. The minimum absolute atomic E-state index is 0.0729. The number of hydrogen-bond donors (Lipinski definition) is 0. The Labute approximate surface area is 693 Å². The molecular weight excluding hydrogens is 1430 g/mol. The summed E-state index contributed by atoms with van der Waals surface area (Å²) in [7, 11) is 0. The maximum Gasteiger partial charge on any atom is 0.123 e. The third kappa shape index (κ3) is 16.5. The maximum absolute atomic E-state index is 6.64. The summed E-state index contributed by atoms with van der Waals surface area (Å²) in [5, 5.41) is 0. The van der Waals surface area contributed by atoms with Crippen molar-refractivity contribution in [1.29, 1.82) is 0 Å². The van der Waals surface area contributed by atoms with Gasteiger partial charge < -0.3 is 38.5 Å². The van der Waals surface area contributed by atoms with Gasteiger partial charge in [-0.1, -0.05) is 171 Å². The van der Waals surface area contributed by atoms with Crippen molar-refractivity contribution in [3.8, 4) is 23.0 Å². The Bertz CT molecular complexity index is 4230. The fraction of sp³-hybridized carbons (Fsp3) is 0.538. The molecule has 0 aliphatic carbocycles. The molecule has 0 amide bonds. The van der Waals surface area contributed by atoms with E-state index < -0.39 is 0 Å². The third-order valence-electron chi connectivity index (χ3n) is 31.2. The van der Waals surface area contributed by atoms with E-state index in [2.05, 4.69) is 209 Å². The number of piperidine rings is 8. The van der Waals surface area contributed by atoms with Gasteiger partial charge in [-0.3, -0.25) is 19.6 Å². The van der Waals surface area contributed by atoms with Gasteiger partial charge in [0.2, 0.25) is 0 Å². The zero-order chi connectivity index (χ0) is 77.0. The van der Waals surface area contributed by atoms with Gasteiger partial charge in [0.15, 0.2) is 0 Å². The lowest BCUT2D eigenvalue weighted by Crippen LogP contribution is -2.54. The van der Waals surface area contributed by atoms with Crippen LogP contribution >= 0.6 is 0 Å². The lowest BCUT2D eigenvalue weighted by molar-refractivity contribution is -0.0252. The summed E-state index contributed by atoms with van der Waals surface area (Å²) in [5.74, 6) is 4.62. The fourth-order valence-electron chi connectivity index (χ4n) is 25.0. The Kier molecular flexibility index (Phi) is 21.6. The van der Waals surface area contributed by atoms with Crippen LogP contribution in [0.25, 0.3) is 0 Å². The van der Waals surface area contributed by atoms with Crippen LogP contribution in [0.3, 0.4) is 0 Å². The highest BCUT2D eigenvalue weighted by molar-refractivity contribution is 5.47. The molecule has 8 aromatic rings. The van der Waals surface area contributed by atoms with Crippen LogP contribution in [-0.2, 0) is 104 Å². The summed E-state index contributed by atoms with van der Waals surface area (Å²) in [6.07, 6.45) is 35.4. The second-order valence-corrected chi connectivity index (χ2v) is 39.1. The number of benzene rings is 8. The summed E-state index contributed by atoms with van der Waals surface area (Å²) >= 11 is 0. The molecule has 12 heteroatoms. The highest BCUT2D eigenvalue weighted by atomic mass is 16.5. The van der Waals surface area contributed by atoms with Crippen molar-refractivity contribution in [3.05, 3.63) is 259 Å². The largest absolute Gasteiger partial charge is 0.487 e. The van der Waals surface area contributed by atoms with Crippen LogP contribution in [0.5, 0.6) is 23.0 Å². The Morgan fingerprint density at radius 1 is 0.241 bits per heavy atom. The molecule has 0 radical (unpaired) electrons. The molecular formula is C104H128N8O4. The quantitative estimate of drug-likeness (QED) is 0.146. The van der Waals surface area contributed by atoms with Crippen molar-refractivity contribution >= 4 is 0 Å². The lowest BCUT2D eigenvalue weighted by atomic mass is 9.80. The van der Waals surface area contributed by atoms with Gasteiger partial charge in [-0.15, -0.1) is 0 Å². The average Bonchev–Trinajstić information content (AvgIpc) is 1.63. The van der Waals surface area contributed by atoms with E-state index >= 15 is 0 Å². The van der Waals surface area contributed by atoms with Crippen LogP contribution in [-0.4, -0.2) is 164 Å². The summed E-state index contributed by atoms with van der Waals surface area (Å²) < 4.78 is 26.5. The summed E-state index contributed by atoms with van der Waals surface area (Å²) in [6, 6.07) is 66.7. The second kappa shape index (κ2) is 33.0. The van der Waals surface area contributed by atoms with E-state index in [1.807, 2.05) is 0 Å². The molecule has 24 rings (SSSR count). The first-order valence-corrected chi connectivity index (χ1v) is 46.4. The zero-order valence-electron chi connectivity index (χ0n) is 69.6. The minimum Gasteiger partial charge on any atom is -0.487 e. The van der Waals surface area contributed by atoms with Crippen LogP contribution in [0.4, 0.5) is 0 Å². The highest BCUT2D eigenvalue weighted by Crippen LogP contribution is 2.50. The van der Waals surface area contributed by atoms with E-state index in [0.717, 1.165) is 151 Å². The van der Waals surface area contributed by atoms with E-state index in [-0.39, 0.29) is 22.4 Å². The van der Waals surface area contributed by atoms with Gasteiger partial charge >= 0.3 is 0 Å². The molecule has 8 atom stereocenters. The monoisotopic (exact) mass is 1550 g/mol. The molecule has 16 aliphatic heterocycles. The first-order valence-electron chi connectivity index (χ1n) is 46.4. The van der Waals surface area contributed by atoms with Crippen molar-refractivity contribution < 1.29 is 18.9 Å². The smallest absolute Gasteiger partial charge is 0.123 e. The third-order valence-corrected chi connectivity index (χ3v) is 31.2. The Morgan fingerprint density at radius 2 is 0.474 bits per heavy atom.